The highest BCUT2D eigenvalue weighted by Gasteiger charge is 2.21. The molecule has 0 radical (unpaired) electrons. The zero-order valence-electron chi connectivity index (χ0n) is 37.0. The number of aromatic nitrogens is 4. The van der Waals surface area contributed by atoms with Gasteiger partial charge in [0, 0.05) is 49.4 Å². The summed E-state index contributed by atoms with van der Waals surface area (Å²) in [6, 6.07) is 26.1. The van der Waals surface area contributed by atoms with Gasteiger partial charge in [-0.05, 0) is 24.2 Å². The standard InChI is InChI=1S/C45H28N4O/c1-3-14-29(15-4-1)43-46-44(30-16-5-2-6-17-30)48-45(47-43)31-26-27-34(36-21-13-22-37-35-20-9-12-25-41(35)50-42(36)37)40(28-31)49-38-23-10-7-18-32(38)33-19-8-11-24-39(33)49/h1-28H/i1D,3D,4D,7D,8D,14D,15D,18D,19D,23D,24D. The third-order valence-corrected chi connectivity index (χ3v) is 8.71. The Bertz CT molecular complexity index is 3410. The summed E-state index contributed by atoms with van der Waals surface area (Å²) in [5.74, 6) is 0.0565. The first-order valence-electron chi connectivity index (χ1n) is 21.3. The van der Waals surface area contributed by atoms with Crippen LogP contribution in [0.3, 0.4) is 0 Å². The van der Waals surface area contributed by atoms with Crippen LogP contribution in [0.2, 0.25) is 0 Å². The van der Waals surface area contributed by atoms with E-state index in [1.165, 1.54) is 12.1 Å². The number of hydrogen-bond acceptors (Lipinski definition) is 4. The van der Waals surface area contributed by atoms with Crippen LogP contribution in [0.4, 0.5) is 0 Å². The average molecular weight is 652 g/mol. The monoisotopic (exact) mass is 651 g/mol. The maximum atomic E-state index is 9.23. The number of para-hydroxylation sites is 4. The Morgan fingerprint density at radius 2 is 1.12 bits per heavy atom. The molecule has 0 aliphatic rings. The first-order chi connectivity index (χ1) is 29.3. The van der Waals surface area contributed by atoms with Crippen LogP contribution >= 0.6 is 0 Å². The highest BCUT2D eigenvalue weighted by atomic mass is 16.3. The highest BCUT2D eigenvalue weighted by Crippen LogP contribution is 2.42. The van der Waals surface area contributed by atoms with Gasteiger partial charge in [0.25, 0.3) is 0 Å². The van der Waals surface area contributed by atoms with E-state index in [4.69, 9.17) is 26.7 Å². The maximum Gasteiger partial charge on any atom is 0.164 e. The van der Waals surface area contributed by atoms with Gasteiger partial charge in [0.2, 0.25) is 0 Å². The molecule has 50 heavy (non-hydrogen) atoms. The van der Waals surface area contributed by atoms with Crippen LogP contribution in [-0.2, 0) is 0 Å². The average Bonchev–Trinajstić information content (AvgIpc) is 3.84. The van der Waals surface area contributed by atoms with Crippen molar-refractivity contribution in [2.24, 2.45) is 0 Å². The van der Waals surface area contributed by atoms with Gasteiger partial charge in [0.05, 0.1) is 31.8 Å². The van der Waals surface area contributed by atoms with Crippen molar-refractivity contribution in [2.45, 2.75) is 0 Å². The summed E-state index contributed by atoms with van der Waals surface area (Å²) in [6.07, 6.45) is 0. The summed E-state index contributed by atoms with van der Waals surface area (Å²) < 4.78 is 104. The molecule has 0 bridgehead atoms. The number of nitrogens with zero attached hydrogens (tertiary/aromatic N) is 4. The van der Waals surface area contributed by atoms with Crippen LogP contribution in [0.15, 0.2) is 174 Å². The van der Waals surface area contributed by atoms with E-state index in [-0.39, 0.29) is 81.1 Å². The van der Waals surface area contributed by atoms with Crippen molar-refractivity contribution < 1.29 is 19.5 Å². The second-order valence-electron chi connectivity index (χ2n) is 11.6. The van der Waals surface area contributed by atoms with Gasteiger partial charge in [-0.25, -0.2) is 15.0 Å². The molecule has 234 valence electrons. The van der Waals surface area contributed by atoms with Gasteiger partial charge in [-0.1, -0.05) is 145 Å². The van der Waals surface area contributed by atoms with Gasteiger partial charge in [-0.2, -0.15) is 0 Å². The van der Waals surface area contributed by atoms with E-state index in [1.807, 2.05) is 48.5 Å². The molecule has 10 rings (SSSR count). The molecule has 5 nitrogen and oxygen atoms in total. The Kier molecular flexibility index (Phi) is 4.38. The molecule has 10 aromatic rings. The van der Waals surface area contributed by atoms with Crippen molar-refractivity contribution in [1.82, 2.24) is 19.5 Å². The summed E-state index contributed by atoms with van der Waals surface area (Å²) in [5.41, 5.74) is 3.74. The Morgan fingerprint density at radius 3 is 1.88 bits per heavy atom. The van der Waals surface area contributed by atoms with E-state index >= 15 is 0 Å². The summed E-state index contributed by atoms with van der Waals surface area (Å²) in [6.45, 7) is 0. The fourth-order valence-corrected chi connectivity index (χ4v) is 6.49. The second kappa shape index (κ2) is 11.4. The van der Waals surface area contributed by atoms with E-state index in [9.17, 15) is 2.74 Å². The van der Waals surface area contributed by atoms with Crippen LogP contribution in [0.5, 0.6) is 0 Å². The zero-order valence-corrected chi connectivity index (χ0v) is 26.0. The van der Waals surface area contributed by atoms with Crippen LogP contribution in [0, 0.1) is 0 Å². The zero-order chi connectivity index (χ0) is 42.6. The quantitative estimate of drug-likeness (QED) is 0.186. The van der Waals surface area contributed by atoms with Gasteiger partial charge in [-0.3, -0.25) is 0 Å². The highest BCUT2D eigenvalue weighted by molar-refractivity contribution is 6.12. The van der Waals surface area contributed by atoms with Crippen molar-refractivity contribution in [3.05, 3.63) is 170 Å². The summed E-state index contributed by atoms with van der Waals surface area (Å²) in [7, 11) is 0. The van der Waals surface area contributed by atoms with Crippen molar-refractivity contribution in [1.29, 1.82) is 0 Å². The molecular formula is C45H28N4O. The molecule has 0 atom stereocenters. The Hall–Kier alpha value is -6.85. The van der Waals surface area contributed by atoms with Crippen LogP contribution in [-0.4, -0.2) is 19.5 Å². The summed E-state index contributed by atoms with van der Waals surface area (Å²) >= 11 is 0. The largest absolute Gasteiger partial charge is 0.455 e. The predicted octanol–water partition coefficient (Wildman–Crippen LogP) is 11.5. The van der Waals surface area contributed by atoms with Crippen molar-refractivity contribution in [3.8, 4) is 51.0 Å². The lowest BCUT2D eigenvalue weighted by molar-refractivity contribution is 0.670. The third kappa shape index (κ3) is 4.52. The Morgan fingerprint density at radius 1 is 0.460 bits per heavy atom. The normalized spacial score (nSPS) is 14.7. The van der Waals surface area contributed by atoms with Gasteiger partial charge in [0.15, 0.2) is 17.5 Å². The molecule has 0 fully saturated rings. The van der Waals surface area contributed by atoms with E-state index in [0.29, 0.717) is 39.1 Å². The lowest BCUT2D eigenvalue weighted by Gasteiger charge is -2.16. The van der Waals surface area contributed by atoms with Gasteiger partial charge in [-0.15, -0.1) is 0 Å². The number of furan rings is 1. The fraction of sp³-hybridized carbons (Fsp3) is 0. The molecule has 0 saturated carbocycles. The van der Waals surface area contributed by atoms with E-state index in [0.717, 1.165) is 10.8 Å². The molecule has 3 heterocycles. The lowest BCUT2D eigenvalue weighted by Crippen LogP contribution is -2.02. The van der Waals surface area contributed by atoms with E-state index in [1.54, 1.807) is 47.0 Å². The first-order valence-corrected chi connectivity index (χ1v) is 15.8. The summed E-state index contributed by atoms with van der Waals surface area (Å²) in [4.78, 5) is 14.2. The van der Waals surface area contributed by atoms with Crippen molar-refractivity contribution >= 4 is 43.7 Å². The number of hydrogen-bond donors (Lipinski definition) is 0. The fourth-order valence-electron chi connectivity index (χ4n) is 6.49. The van der Waals surface area contributed by atoms with Crippen molar-refractivity contribution in [3.63, 3.8) is 0 Å². The Balaban J connectivity index is 1.35. The second-order valence-corrected chi connectivity index (χ2v) is 11.6. The van der Waals surface area contributed by atoms with Gasteiger partial charge < -0.3 is 8.98 Å². The minimum Gasteiger partial charge on any atom is -0.455 e. The molecule has 0 spiro atoms. The number of rotatable bonds is 5. The molecule has 0 saturated heterocycles. The van der Waals surface area contributed by atoms with Gasteiger partial charge in [0.1, 0.15) is 11.2 Å². The molecule has 0 unspecified atom stereocenters. The predicted molar refractivity (Wildman–Crippen MR) is 203 cm³/mol. The topological polar surface area (TPSA) is 56.7 Å². The minimum absolute atomic E-state index is 0.0626. The Labute approximate surface area is 303 Å². The molecule has 0 N–H and O–H groups in total. The molecule has 5 heteroatoms. The molecule has 0 aliphatic carbocycles. The van der Waals surface area contributed by atoms with Crippen LogP contribution < -0.4 is 0 Å². The molecule has 7 aromatic carbocycles. The first kappa shape index (κ1) is 19.2. The summed E-state index contributed by atoms with van der Waals surface area (Å²) in [5, 5.41) is 1.88. The smallest absolute Gasteiger partial charge is 0.164 e. The van der Waals surface area contributed by atoms with Crippen molar-refractivity contribution in [2.75, 3.05) is 0 Å². The SMILES string of the molecule is [2H]c1cc([2H])c2c(c1[2H])c1c([2H])c([2H])cc([2H])c1n2-c1cc(-c2nc(-c3ccccc3)nc(-c3c([2H])c([2H])c([2H])c([2H])c3[2H])n2)ccc1-c1cccc2c1oc1ccccc12. The van der Waals surface area contributed by atoms with E-state index < -0.39 is 30.2 Å². The van der Waals surface area contributed by atoms with Crippen LogP contribution in [0.1, 0.15) is 15.1 Å². The molecule has 3 aromatic heterocycles. The van der Waals surface area contributed by atoms with E-state index in [2.05, 4.69) is 4.98 Å². The molecule has 0 amide bonds. The van der Waals surface area contributed by atoms with Crippen LogP contribution in [0.25, 0.3) is 94.7 Å². The van der Waals surface area contributed by atoms with Gasteiger partial charge >= 0.3 is 0 Å². The number of fused-ring (bicyclic) bond motifs is 6. The molecular weight excluding hydrogens is 613 g/mol. The molecule has 0 aliphatic heterocycles. The maximum absolute atomic E-state index is 9.23. The third-order valence-electron chi connectivity index (χ3n) is 8.71. The number of benzene rings is 7. The minimum atomic E-state index is -0.563. The lowest BCUT2D eigenvalue weighted by atomic mass is 9.98.